The van der Waals surface area contributed by atoms with Gasteiger partial charge in [-0.05, 0) is 30.9 Å². The van der Waals surface area contributed by atoms with Crippen molar-refractivity contribution in [2.45, 2.75) is 37.5 Å². The molecule has 1 N–H and O–H groups in total. The van der Waals surface area contributed by atoms with Crippen molar-refractivity contribution in [1.82, 2.24) is 4.90 Å². The molecule has 1 unspecified atom stereocenters. The second kappa shape index (κ2) is 9.82. The van der Waals surface area contributed by atoms with E-state index in [0.717, 1.165) is 18.4 Å². The number of aliphatic hydroxyl groups excluding tert-OH is 1. The molecule has 1 saturated carbocycles. The van der Waals surface area contributed by atoms with Crippen LogP contribution in [0.1, 0.15) is 37.8 Å². The van der Waals surface area contributed by atoms with E-state index in [-0.39, 0.29) is 46.9 Å². The first-order chi connectivity index (χ1) is 12.5. The van der Waals surface area contributed by atoms with Gasteiger partial charge in [-0.15, -0.1) is 12.4 Å². The largest absolute Gasteiger partial charge is 0.392 e. The third kappa shape index (κ3) is 5.41. The Hall–Kier alpha value is -1.21. The van der Waals surface area contributed by atoms with Crippen LogP contribution >= 0.6 is 24.2 Å². The van der Waals surface area contributed by atoms with Gasteiger partial charge in [0.2, 0.25) is 0 Å². The lowest BCUT2D eigenvalue weighted by atomic mass is 9.93. The number of carbonyl (C=O) groups is 2. The van der Waals surface area contributed by atoms with Crippen LogP contribution in [0, 0.1) is 11.7 Å². The van der Waals surface area contributed by atoms with Crippen molar-refractivity contribution in [3.63, 3.8) is 0 Å². The van der Waals surface area contributed by atoms with Gasteiger partial charge in [0.25, 0.3) is 0 Å². The van der Waals surface area contributed by atoms with Crippen molar-refractivity contribution in [2.75, 3.05) is 19.7 Å². The summed E-state index contributed by atoms with van der Waals surface area (Å²) in [4.78, 5) is 26.4. The Morgan fingerprint density at radius 3 is 2.63 bits per heavy atom. The lowest BCUT2D eigenvalue weighted by Gasteiger charge is -2.38. The molecule has 0 amide bonds. The summed E-state index contributed by atoms with van der Waals surface area (Å²) in [6.45, 7) is 2.50. The minimum absolute atomic E-state index is 0. The first kappa shape index (κ1) is 22.1. The van der Waals surface area contributed by atoms with Crippen molar-refractivity contribution in [2.24, 2.45) is 5.92 Å². The van der Waals surface area contributed by atoms with Crippen molar-refractivity contribution < 1.29 is 19.1 Å². The summed E-state index contributed by atoms with van der Waals surface area (Å²) in [6.07, 6.45) is 4.16. The third-order valence-corrected chi connectivity index (χ3v) is 6.11. The van der Waals surface area contributed by atoms with E-state index in [1.165, 1.54) is 24.8 Å². The summed E-state index contributed by atoms with van der Waals surface area (Å²) in [7, 11) is 0. The topological polar surface area (TPSA) is 57.6 Å². The Bertz CT molecular complexity index is 723. The number of hydrogen-bond acceptors (Lipinski definition) is 5. The molecule has 2 fully saturated rings. The molecule has 3 rings (SSSR count). The smallest absolute Gasteiger partial charge is 0.186 e. The van der Waals surface area contributed by atoms with Gasteiger partial charge in [0.1, 0.15) is 5.82 Å². The number of ketones is 1. The summed E-state index contributed by atoms with van der Waals surface area (Å²) in [5.74, 6) is -0.260. The predicted molar refractivity (Wildman–Crippen MR) is 108 cm³/mol. The van der Waals surface area contributed by atoms with Crippen LogP contribution in [0.5, 0.6) is 0 Å². The van der Waals surface area contributed by atoms with Crippen LogP contribution in [0.15, 0.2) is 35.9 Å². The Balaban J connectivity index is 0.00000261. The number of thioether (sulfide) groups is 1. The number of likely N-dealkylation sites (tertiary alicyclic amines) is 1. The Kier molecular flexibility index (Phi) is 8.04. The summed E-state index contributed by atoms with van der Waals surface area (Å²) in [6, 6.07) is 5.87. The standard InChI is InChI=1S/C20H24FNO3S.ClH/c1-13(24)26-18-8-10-22(12-15(18)9-11-23)19(20(25)14-6-7-14)16-4-2-3-5-17(16)21;/h2-5,9,14,18-19,23H,6-8,10-12H2,1H3;1H/b15-9-;/t18-,19?;/m1./s1. The average molecular weight is 414 g/mol. The van der Waals surface area contributed by atoms with Crippen LogP contribution in [-0.4, -0.2) is 45.9 Å². The quantitative estimate of drug-likeness (QED) is 0.723. The number of carbonyl (C=O) groups excluding carboxylic acids is 2. The maximum atomic E-state index is 14.5. The van der Waals surface area contributed by atoms with Gasteiger partial charge in [-0.1, -0.05) is 36.0 Å². The van der Waals surface area contributed by atoms with Gasteiger partial charge < -0.3 is 5.11 Å². The van der Waals surface area contributed by atoms with E-state index in [1.807, 2.05) is 4.90 Å². The molecular weight excluding hydrogens is 389 g/mol. The highest BCUT2D eigenvalue weighted by Crippen LogP contribution is 2.40. The van der Waals surface area contributed by atoms with Crippen molar-refractivity contribution in [3.8, 4) is 0 Å². The maximum Gasteiger partial charge on any atom is 0.186 e. The average Bonchev–Trinajstić information content (AvgIpc) is 3.44. The zero-order valence-corrected chi connectivity index (χ0v) is 16.9. The van der Waals surface area contributed by atoms with Crippen LogP contribution in [-0.2, 0) is 9.59 Å². The van der Waals surface area contributed by atoms with Crippen molar-refractivity contribution in [1.29, 1.82) is 0 Å². The second-order valence-corrected chi connectivity index (χ2v) is 8.30. The van der Waals surface area contributed by atoms with E-state index >= 15 is 0 Å². The molecular formula is C20H25ClFNO3S. The Morgan fingerprint density at radius 2 is 2.04 bits per heavy atom. The zero-order chi connectivity index (χ0) is 18.7. The maximum absolute atomic E-state index is 14.5. The molecule has 1 aromatic carbocycles. The van der Waals surface area contributed by atoms with Gasteiger partial charge in [-0.3, -0.25) is 14.5 Å². The van der Waals surface area contributed by atoms with Crippen molar-refractivity contribution >= 4 is 35.1 Å². The molecule has 1 aliphatic heterocycles. The summed E-state index contributed by atoms with van der Waals surface area (Å²) >= 11 is 1.26. The number of halogens is 2. The van der Waals surface area contributed by atoms with Crippen LogP contribution in [0.4, 0.5) is 4.39 Å². The predicted octanol–water partition coefficient (Wildman–Crippen LogP) is 3.54. The molecule has 2 aliphatic rings. The van der Waals surface area contributed by atoms with Crippen LogP contribution in [0.3, 0.4) is 0 Å². The van der Waals surface area contributed by atoms with E-state index in [4.69, 9.17) is 0 Å². The first-order valence-corrected chi connectivity index (χ1v) is 9.88. The fourth-order valence-corrected chi connectivity index (χ4v) is 4.52. The SMILES string of the molecule is CC(=O)S[C@@H]1CCN(C(C(=O)C2CC2)c2ccccc2F)C/C1=C/CO.Cl. The van der Waals surface area contributed by atoms with Gasteiger partial charge in [-0.25, -0.2) is 4.39 Å². The summed E-state index contributed by atoms with van der Waals surface area (Å²) in [5, 5.41) is 9.39. The number of piperidine rings is 1. The highest BCUT2D eigenvalue weighted by Gasteiger charge is 2.41. The molecule has 1 aromatic rings. The number of aliphatic hydroxyl groups is 1. The van der Waals surface area contributed by atoms with Gasteiger partial charge in [0, 0.05) is 36.7 Å². The molecule has 0 spiro atoms. The lowest BCUT2D eigenvalue weighted by molar-refractivity contribution is -0.126. The number of rotatable bonds is 6. The second-order valence-electron chi connectivity index (χ2n) is 6.92. The fourth-order valence-electron chi connectivity index (χ4n) is 3.57. The van der Waals surface area contributed by atoms with Crippen molar-refractivity contribution in [3.05, 3.63) is 47.3 Å². The van der Waals surface area contributed by atoms with Crippen LogP contribution < -0.4 is 0 Å². The fraction of sp³-hybridized carbons (Fsp3) is 0.500. The highest BCUT2D eigenvalue weighted by atomic mass is 35.5. The van der Waals surface area contributed by atoms with Gasteiger partial charge >= 0.3 is 0 Å². The minimum atomic E-state index is -0.603. The molecule has 1 saturated heterocycles. The minimum Gasteiger partial charge on any atom is -0.392 e. The molecule has 27 heavy (non-hydrogen) atoms. The summed E-state index contributed by atoms with van der Waals surface area (Å²) < 4.78 is 14.5. The van der Waals surface area contributed by atoms with Crippen LogP contribution in [0.2, 0.25) is 0 Å². The molecule has 148 valence electrons. The molecule has 1 heterocycles. The van der Waals surface area contributed by atoms with E-state index in [1.54, 1.807) is 24.3 Å². The summed E-state index contributed by atoms with van der Waals surface area (Å²) in [5.41, 5.74) is 1.36. The van der Waals surface area contributed by atoms with E-state index in [2.05, 4.69) is 0 Å². The van der Waals surface area contributed by atoms with E-state index < -0.39 is 6.04 Å². The molecule has 0 radical (unpaired) electrons. The third-order valence-electron chi connectivity index (χ3n) is 4.95. The molecule has 0 aromatic heterocycles. The lowest BCUT2D eigenvalue weighted by Crippen LogP contribution is -2.43. The zero-order valence-electron chi connectivity index (χ0n) is 15.3. The number of nitrogens with zero attached hydrogens (tertiary/aromatic N) is 1. The Morgan fingerprint density at radius 1 is 1.33 bits per heavy atom. The highest BCUT2D eigenvalue weighted by molar-refractivity contribution is 8.14. The molecule has 0 bridgehead atoms. The van der Waals surface area contributed by atoms with Crippen LogP contribution in [0.25, 0.3) is 0 Å². The van der Waals surface area contributed by atoms with E-state index in [0.29, 0.717) is 25.1 Å². The molecule has 4 nitrogen and oxygen atoms in total. The number of hydrogen-bond donors (Lipinski definition) is 1. The number of benzene rings is 1. The van der Waals surface area contributed by atoms with E-state index in [9.17, 15) is 19.1 Å². The normalized spacial score (nSPS) is 22.9. The Labute approximate surface area is 169 Å². The monoisotopic (exact) mass is 413 g/mol. The first-order valence-electron chi connectivity index (χ1n) is 9.00. The molecule has 7 heteroatoms. The number of Topliss-reactive ketones (excluding diaryl/α,β-unsaturated/α-hetero) is 1. The van der Waals surface area contributed by atoms with Gasteiger partial charge in [0.05, 0.1) is 12.6 Å². The molecule has 2 atom stereocenters. The van der Waals surface area contributed by atoms with Gasteiger partial charge in [0.15, 0.2) is 10.9 Å². The van der Waals surface area contributed by atoms with Gasteiger partial charge in [-0.2, -0.15) is 0 Å². The molecule has 1 aliphatic carbocycles.